The number of hydrogen-bond donors (Lipinski definition) is 2. The van der Waals surface area contributed by atoms with Gasteiger partial charge in [0, 0.05) is 18.7 Å². The zero-order valence-corrected chi connectivity index (χ0v) is 14.5. The molecular formula is C18H25NO6. The quantitative estimate of drug-likeness (QED) is 0.764. The van der Waals surface area contributed by atoms with Crippen molar-refractivity contribution >= 4 is 0 Å². The molecule has 0 unspecified atom stereocenters. The molecule has 0 bridgehead atoms. The molecule has 3 aliphatic rings. The van der Waals surface area contributed by atoms with E-state index in [-0.39, 0.29) is 31.0 Å². The van der Waals surface area contributed by atoms with Crippen molar-refractivity contribution in [2.75, 3.05) is 19.7 Å². The van der Waals surface area contributed by atoms with Crippen LogP contribution in [0.2, 0.25) is 0 Å². The van der Waals surface area contributed by atoms with Gasteiger partial charge in [-0.15, -0.1) is 0 Å². The topological polar surface area (TPSA) is 78.4 Å². The van der Waals surface area contributed by atoms with Gasteiger partial charge in [-0.05, 0) is 13.8 Å². The van der Waals surface area contributed by atoms with Crippen LogP contribution in [0.25, 0.3) is 0 Å². The lowest BCUT2D eigenvalue weighted by Gasteiger charge is -2.39. The number of aliphatic hydroxyl groups excluding tert-OH is 1. The lowest BCUT2D eigenvalue weighted by atomic mass is 10.0. The Hall–Kier alpha value is -1.06. The Balaban J connectivity index is 1.54. The van der Waals surface area contributed by atoms with E-state index in [0.29, 0.717) is 13.1 Å². The summed E-state index contributed by atoms with van der Waals surface area (Å²) in [5, 5.41) is 12.2. The van der Waals surface area contributed by atoms with Gasteiger partial charge in [-0.25, -0.2) is 0 Å². The maximum Gasteiger partial charge on any atom is 0.190 e. The largest absolute Gasteiger partial charge is 0.395 e. The summed E-state index contributed by atoms with van der Waals surface area (Å²) in [4.78, 5) is 0. The number of aliphatic hydroxyl groups is 1. The summed E-state index contributed by atoms with van der Waals surface area (Å²) < 4.78 is 30.3. The van der Waals surface area contributed by atoms with Gasteiger partial charge in [0.05, 0.1) is 6.61 Å². The van der Waals surface area contributed by atoms with Gasteiger partial charge >= 0.3 is 0 Å². The molecular weight excluding hydrogens is 326 g/mol. The van der Waals surface area contributed by atoms with Crippen LogP contribution in [0.1, 0.15) is 25.7 Å². The highest BCUT2D eigenvalue weighted by atomic mass is 16.9. The highest BCUT2D eigenvalue weighted by molar-refractivity contribution is 5.17. The van der Waals surface area contributed by atoms with Gasteiger partial charge in [0.2, 0.25) is 0 Å². The molecule has 3 fully saturated rings. The van der Waals surface area contributed by atoms with Gasteiger partial charge in [0.25, 0.3) is 0 Å². The van der Waals surface area contributed by atoms with E-state index in [4.69, 9.17) is 28.8 Å². The second-order valence-corrected chi connectivity index (χ2v) is 7.01. The number of nitrogens with one attached hydrogen (secondary N) is 1. The first-order valence-corrected chi connectivity index (χ1v) is 8.76. The Morgan fingerprint density at radius 2 is 1.80 bits per heavy atom. The van der Waals surface area contributed by atoms with Crippen LogP contribution in [-0.4, -0.2) is 61.3 Å². The smallest absolute Gasteiger partial charge is 0.190 e. The van der Waals surface area contributed by atoms with Crippen LogP contribution in [0.3, 0.4) is 0 Å². The molecule has 1 aromatic carbocycles. The molecule has 138 valence electrons. The maximum atomic E-state index is 9.00. The Morgan fingerprint density at radius 1 is 1.00 bits per heavy atom. The van der Waals surface area contributed by atoms with Crippen LogP contribution in [0.4, 0.5) is 0 Å². The predicted molar refractivity (Wildman–Crippen MR) is 87.6 cm³/mol. The van der Waals surface area contributed by atoms with Crippen LogP contribution in [-0.2, 0) is 23.7 Å². The minimum absolute atomic E-state index is 0.0753. The first-order chi connectivity index (χ1) is 12.1. The first kappa shape index (κ1) is 17.4. The van der Waals surface area contributed by atoms with E-state index in [1.807, 2.05) is 44.2 Å². The average molecular weight is 351 g/mol. The Morgan fingerprint density at radius 3 is 2.56 bits per heavy atom. The molecule has 0 aromatic heterocycles. The van der Waals surface area contributed by atoms with E-state index in [9.17, 15) is 0 Å². The summed E-state index contributed by atoms with van der Waals surface area (Å²) in [7, 11) is 0. The highest BCUT2D eigenvalue weighted by Crippen LogP contribution is 2.44. The standard InChI is InChI=1S/C18H25NO6/c1-18(2)24-15-14-13(22-17(15)25-18)12(10-19-8-9-20)21-16(23-14)11-6-4-3-5-7-11/h3-7,12-17,19-20H,8-10H2,1-2H3/t12-,13+,14+,15-,16-,17+/m0/s1. The molecule has 3 aliphatic heterocycles. The van der Waals surface area contributed by atoms with Crippen LogP contribution >= 0.6 is 0 Å². The molecule has 7 nitrogen and oxygen atoms in total. The van der Waals surface area contributed by atoms with Crippen molar-refractivity contribution in [2.24, 2.45) is 0 Å². The van der Waals surface area contributed by atoms with Crippen molar-refractivity contribution in [3.63, 3.8) is 0 Å². The summed E-state index contributed by atoms with van der Waals surface area (Å²) in [6.07, 6.45) is -2.00. The number of rotatable bonds is 5. The van der Waals surface area contributed by atoms with Gasteiger partial charge in [0.1, 0.15) is 24.4 Å². The Bertz CT molecular complexity index is 582. The molecule has 3 heterocycles. The molecule has 0 radical (unpaired) electrons. The third kappa shape index (κ3) is 3.46. The number of hydrogen-bond acceptors (Lipinski definition) is 7. The van der Waals surface area contributed by atoms with Crippen molar-refractivity contribution in [3.8, 4) is 0 Å². The summed E-state index contributed by atoms with van der Waals surface area (Å²) in [5.41, 5.74) is 0.953. The van der Waals surface area contributed by atoms with Gasteiger partial charge in [-0.2, -0.15) is 0 Å². The number of ether oxygens (including phenoxy) is 5. The highest BCUT2D eigenvalue weighted by Gasteiger charge is 2.59. The molecule has 3 saturated heterocycles. The summed E-state index contributed by atoms with van der Waals surface area (Å²) in [6, 6.07) is 9.83. The molecule has 6 atom stereocenters. The van der Waals surface area contributed by atoms with Gasteiger partial charge in [-0.3, -0.25) is 0 Å². The molecule has 0 amide bonds. The Kier molecular flexibility index (Phi) is 4.81. The second-order valence-electron chi connectivity index (χ2n) is 7.01. The summed E-state index contributed by atoms with van der Waals surface area (Å²) in [6.45, 7) is 4.88. The van der Waals surface area contributed by atoms with E-state index in [1.54, 1.807) is 0 Å². The van der Waals surface area contributed by atoms with Crippen LogP contribution in [0.15, 0.2) is 30.3 Å². The van der Waals surface area contributed by atoms with E-state index in [2.05, 4.69) is 5.32 Å². The maximum absolute atomic E-state index is 9.00. The molecule has 25 heavy (non-hydrogen) atoms. The zero-order chi connectivity index (χ0) is 17.4. The minimum Gasteiger partial charge on any atom is -0.395 e. The molecule has 0 aliphatic carbocycles. The molecule has 0 spiro atoms. The minimum atomic E-state index is -0.686. The van der Waals surface area contributed by atoms with Crippen LogP contribution < -0.4 is 5.32 Å². The number of fused-ring (bicyclic) bond motifs is 3. The second kappa shape index (κ2) is 6.92. The van der Waals surface area contributed by atoms with Crippen molar-refractivity contribution in [2.45, 2.75) is 56.6 Å². The van der Waals surface area contributed by atoms with Crippen molar-refractivity contribution in [3.05, 3.63) is 35.9 Å². The number of benzene rings is 1. The van der Waals surface area contributed by atoms with Gasteiger partial charge in [0.15, 0.2) is 18.4 Å². The lowest BCUT2D eigenvalue weighted by Crippen LogP contribution is -2.52. The third-order valence-electron chi connectivity index (χ3n) is 4.68. The molecule has 2 N–H and O–H groups in total. The molecule has 7 heteroatoms. The Labute approximate surface area is 147 Å². The normalized spacial score (nSPS) is 39.2. The van der Waals surface area contributed by atoms with E-state index < -0.39 is 18.4 Å². The van der Waals surface area contributed by atoms with Crippen molar-refractivity contribution < 1.29 is 28.8 Å². The van der Waals surface area contributed by atoms with Gasteiger partial charge < -0.3 is 34.1 Å². The summed E-state index contributed by atoms with van der Waals surface area (Å²) >= 11 is 0. The van der Waals surface area contributed by atoms with Crippen LogP contribution in [0, 0.1) is 0 Å². The van der Waals surface area contributed by atoms with Crippen molar-refractivity contribution in [1.29, 1.82) is 0 Å². The lowest BCUT2D eigenvalue weighted by molar-refractivity contribution is -0.308. The fourth-order valence-electron chi connectivity index (χ4n) is 3.62. The third-order valence-corrected chi connectivity index (χ3v) is 4.68. The fourth-order valence-corrected chi connectivity index (χ4v) is 3.62. The predicted octanol–water partition coefficient (Wildman–Crippen LogP) is 0.927. The molecule has 0 saturated carbocycles. The van der Waals surface area contributed by atoms with E-state index in [1.165, 1.54) is 0 Å². The van der Waals surface area contributed by atoms with Crippen molar-refractivity contribution in [1.82, 2.24) is 5.32 Å². The first-order valence-electron chi connectivity index (χ1n) is 8.76. The zero-order valence-electron chi connectivity index (χ0n) is 14.5. The van der Waals surface area contributed by atoms with Gasteiger partial charge in [-0.1, -0.05) is 30.3 Å². The molecule has 1 aromatic rings. The SMILES string of the molecule is CC1(C)O[C@H]2O[C@H]3[C@@H](O[C@@H](c4ccccc4)O[C@H]3CNCCO)[C@@H]2O1. The molecule has 4 rings (SSSR count). The van der Waals surface area contributed by atoms with Crippen LogP contribution in [0.5, 0.6) is 0 Å². The van der Waals surface area contributed by atoms with E-state index in [0.717, 1.165) is 5.56 Å². The monoisotopic (exact) mass is 351 g/mol. The summed E-state index contributed by atoms with van der Waals surface area (Å²) in [5.74, 6) is -0.686. The van der Waals surface area contributed by atoms with E-state index >= 15 is 0 Å². The average Bonchev–Trinajstić information content (AvgIpc) is 3.08. The fraction of sp³-hybridized carbons (Fsp3) is 0.667.